The normalized spacial score (nSPS) is 10.8. The molecule has 5 heteroatoms. The van der Waals surface area contributed by atoms with E-state index in [-0.39, 0.29) is 0 Å². The SMILES string of the molecule is CCOc1ccc2nc(Nc3ccc(SC)cc3)sc2c1. The molecule has 0 radical (unpaired) electrons. The Morgan fingerprint density at radius 2 is 2.00 bits per heavy atom. The quantitative estimate of drug-likeness (QED) is 0.659. The van der Waals surface area contributed by atoms with Crippen molar-refractivity contribution < 1.29 is 4.74 Å². The number of fused-ring (bicyclic) bond motifs is 1. The maximum atomic E-state index is 5.52. The maximum Gasteiger partial charge on any atom is 0.188 e. The molecule has 0 amide bonds. The first-order valence-electron chi connectivity index (χ1n) is 6.73. The van der Waals surface area contributed by atoms with Gasteiger partial charge in [0.05, 0.1) is 16.8 Å². The number of benzene rings is 2. The van der Waals surface area contributed by atoms with Crippen LogP contribution in [0.15, 0.2) is 47.4 Å². The van der Waals surface area contributed by atoms with Crippen LogP contribution in [0, 0.1) is 0 Å². The van der Waals surface area contributed by atoms with Crippen LogP contribution in [0.1, 0.15) is 6.92 Å². The summed E-state index contributed by atoms with van der Waals surface area (Å²) in [6, 6.07) is 14.4. The molecule has 0 unspecified atom stereocenters. The first kappa shape index (κ1) is 14.2. The number of nitrogens with one attached hydrogen (secondary N) is 1. The fraction of sp³-hybridized carbons (Fsp3) is 0.188. The molecule has 0 fully saturated rings. The molecule has 1 aromatic heterocycles. The zero-order chi connectivity index (χ0) is 14.7. The van der Waals surface area contributed by atoms with E-state index in [0.29, 0.717) is 6.61 Å². The van der Waals surface area contributed by atoms with Gasteiger partial charge in [0, 0.05) is 10.6 Å². The summed E-state index contributed by atoms with van der Waals surface area (Å²) in [5.41, 5.74) is 2.04. The van der Waals surface area contributed by atoms with Crippen molar-refractivity contribution in [3.63, 3.8) is 0 Å². The summed E-state index contributed by atoms with van der Waals surface area (Å²) in [7, 11) is 0. The number of aromatic nitrogens is 1. The summed E-state index contributed by atoms with van der Waals surface area (Å²) in [5.74, 6) is 0.893. The molecular formula is C16H16N2OS2. The van der Waals surface area contributed by atoms with E-state index in [1.165, 1.54) is 4.90 Å². The minimum atomic E-state index is 0.678. The molecule has 3 aromatic rings. The Bertz CT molecular complexity index is 738. The van der Waals surface area contributed by atoms with E-state index < -0.39 is 0 Å². The Balaban J connectivity index is 1.83. The van der Waals surface area contributed by atoms with Crippen LogP contribution >= 0.6 is 23.1 Å². The largest absolute Gasteiger partial charge is 0.494 e. The van der Waals surface area contributed by atoms with Crippen molar-refractivity contribution in [2.75, 3.05) is 18.2 Å². The lowest BCUT2D eigenvalue weighted by molar-refractivity contribution is 0.341. The number of thiazole rings is 1. The molecule has 0 bridgehead atoms. The molecule has 3 rings (SSSR count). The van der Waals surface area contributed by atoms with Gasteiger partial charge in [0.1, 0.15) is 5.75 Å². The van der Waals surface area contributed by atoms with E-state index >= 15 is 0 Å². The summed E-state index contributed by atoms with van der Waals surface area (Å²) >= 11 is 3.37. The highest BCUT2D eigenvalue weighted by Crippen LogP contribution is 2.31. The zero-order valence-electron chi connectivity index (χ0n) is 11.9. The van der Waals surface area contributed by atoms with Crippen molar-refractivity contribution in [1.29, 1.82) is 0 Å². The topological polar surface area (TPSA) is 34.1 Å². The third kappa shape index (κ3) is 3.31. The summed E-state index contributed by atoms with van der Waals surface area (Å²) in [4.78, 5) is 5.85. The fourth-order valence-corrected chi connectivity index (χ4v) is 3.34. The van der Waals surface area contributed by atoms with Crippen LogP contribution < -0.4 is 10.1 Å². The van der Waals surface area contributed by atoms with Gasteiger partial charge < -0.3 is 10.1 Å². The third-order valence-corrected chi connectivity index (χ3v) is 4.69. The number of hydrogen-bond donors (Lipinski definition) is 1. The monoisotopic (exact) mass is 316 g/mol. The Labute approximate surface area is 132 Å². The van der Waals surface area contributed by atoms with Gasteiger partial charge >= 0.3 is 0 Å². The van der Waals surface area contributed by atoms with Crippen molar-refractivity contribution >= 4 is 44.1 Å². The van der Waals surface area contributed by atoms with Gasteiger partial charge in [-0.1, -0.05) is 11.3 Å². The lowest BCUT2D eigenvalue weighted by atomic mass is 10.3. The standard InChI is InChI=1S/C16H16N2OS2/c1-3-19-12-6-9-14-15(10-12)21-16(18-14)17-11-4-7-13(20-2)8-5-11/h4-10H,3H2,1-2H3,(H,17,18). The number of thioether (sulfide) groups is 1. The van der Waals surface area contributed by atoms with Gasteiger partial charge in [0.2, 0.25) is 0 Å². The molecule has 0 saturated carbocycles. The molecule has 2 aromatic carbocycles. The van der Waals surface area contributed by atoms with Gasteiger partial charge in [0.15, 0.2) is 5.13 Å². The lowest BCUT2D eigenvalue weighted by Crippen LogP contribution is -1.90. The van der Waals surface area contributed by atoms with Gasteiger partial charge in [-0.05, 0) is 55.6 Å². The van der Waals surface area contributed by atoms with Crippen molar-refractivity contribution in [2.45, 2.75) is 11.8 Å². The second-order valence-electron chi connectivity index (χ2n) is 4.44. The fourth-order valence-electron chi connectivity index (χ4n) is 2.01. The summed E-state index contributed by atoms with van der Waals surface area (Å²) in [6.45, 7) is 2.67. The van der Waals surface area contributed by atoms with Gasteiger partial charge in [-0.25, -0.2) is 4.98 Å². The zero-order valence-corrected chi connectivity index (χ0v) is 13.6. The minimum Gasteiger partial charge on any atom is -0.494 e. The summed E-state index contributed by atoms with van der Waals surface area (Å²) < 4.78 is 6.65. The van der Waals surface area contributed by atoms with Crippen LogP contribution in [0.25, 0.3) is 10.2 Å². The molecule has 0 saturated heterocycles. The molecule has 3 nitrogen and oxygen atoms in total. The van der Waals surface area contributed by atoms with Crippen LogP contribution in [0.3, 0.4) is 0 Å². The third-order valence-electron chi connectivity index (χ3n) is 3.01. The lowest BCUT2D eigenvalue weighted by Gasteiger charge is -2.02. The molecule has 0 aliphatic carbocycles. The van der Waals surface area contributed by atoms with Crippen LogP contribution in [0.5, 0.6) is 5.75 Å². The van der Waals surface area contributed by atoms with E-state index in [1.807, 2.05) is 25.1 Å². The van der Waals surface area contributed by atoms with Crippen LogP contribution in [-0.4, -0.2) is 17.8 Å². The number of hydrogen-bond acceptors (Lipinski definition) is 5. The highest BCUT2D eigenvalue weighted by molar-refractivity contribution is 7.98. The van der Waals surface area contributed by atoms with Crippen LogP contribution in [-0.2, 0) is 0 Å². The summed E-state index contributed by atoms with van der Waals surface area (Å²) in [5, 5.41) is 4.25. The van der Waals surface area contributed by atoms with Crippen molar-refractivity contribution in [1.82, 2.24) is 4.98 Å². The first-order valence-corrected chi connectivity index (χ1v) is 8.77. The predicted octanol–water partition coefficient (Wildman–Crippen LogP) is 5.16. The Hall–Kier alpha value is -1.72. The second-order valence-corrected chi connectivity index (χ2v) is 6.35. The molecule has 0 atom stereocenters. The first-order chi connectivity index (χ1) is 10.3. The highest BCUT2D eigenvalue weighted by Gasteiger charge is 2.05. The molecule has 1 heterocycles. The Morgan fingerprint density at radius 3 is 2.71 bits per heavy atom. The number of nitrogens with zero attached hydrogens (tertiary/aromatic N) is 1. The van der Waals surface area contributed by atoms with E-state index in [9.17, 15) is 0 Å². The number of rotatable bonds is 5. The Morgan fingerprint density at radius 1 is 1.19 bits per heavy atom. The van der Waals surface area contributed by atoms with Gasteiger partial charge in [-0.15, -0.1) is 11.8 Å². The van der Waals surface area contributed by atoms with Crippen LogP contribution in [0.4, 0.5) is 10.8 Å². The van der Waals surface area contributed by atoms with Gasteiger partial charge in [-0.2, -0.15) is 0 Å². The van der Waals surface area contributed by atoms with Crippen molar-refractivity contribution in [2.24, 2.45) is 0 Å². The maximum absolute atomic E-state index is 5.52. The Kier molecular flexibility index (Phi) is 4.31. The highest BCUT2D eigenvalue weighted by atomic mass is 32.2. The predicted molar refractivity (Wildman–Crippen MR) is 92.3 cm³/mol. The molecule has 0 spiro atoms. The average molecular weight is 316 g/mol. The van der Waals surface area contributed by atoms with Gasteiger partial charge in [-0.3, -0.25) is 0 Å². The molecule has 21 heavy (non-hydrogen) atoms. The number of ether oxygens (including phenoxy) is 1. The van der Waals surface area contributed by atoms with Gasteiger partial charge in [0.25, 0.3) is 0 Å². The second kappa shape index (κ2) is 6.37. The van der Waals surface area contributed by atoms with Crippen LogP contribution in [0.2, 0.25) is 0 Å². The minimum absolute atomic E-state index is 0.678. The molecule has 0 aliphatic heterocycles. The molecule has 108 valence electrons. The van der Waals surface area contributed by atoms with E-state index in [2.05, 4.69) is 40.8 Å². The van der Waals surface area contributed by atoms with E-state index in [1.54, 1.807) is 23.1 Å². The molecule has 0 aliphatic rings. The number of anilines is 2. The van der Waals surface area contributed by atoms with E-state index in [4.69, 9.17) is 4.74 Å². The average Bonchev–Trinajstić information content (AvgIpc) is 2.90. The van der Waals surface area contributed by atoms with Crippen molar-refractivity contribution in [3.05, 3.63) is 42.5 Å². The molecule has 1 N–H and O–H groups in total. The van der Waals surface area contributed by atoms with E-state index in [0.717, 1.165) is 26.8 Å². The van der Waals surface area contributed by atoms with Crippen molar-refractivity contribution in [3.8, 4) is 5.75 Å². The molecular weight excluding hydrogens is 300 g/mol. The smallest absolute Gasteiger partial charge is 0.188 e. The summed E-state index contributed by atoms with van der Waals surface area (Å²) in [6.07, 6.45) is 2.08.